The number of rotatable bonds is 1. The van der Waals surface area contributed by atoms with Crippen molar-refractivity contribution in [3.63, 3.8) is 0 Å². The van der Waals surface area contributed by atoms with Crippen molar-refractivity contribution in [1.29, 1.82) is 0 Å². The number of aromatic nitrogens is 3. The van der Waals surface area contributed by atoms with E-state index in [1.165, 1.54) is 0 Å². The van der Waals surface area contributed by atoms with E-state index in [1.54, 1.807) is 0 Å². The molecule has 0 spiro atoms. The fraction of sp³-hybridized carbons (Fsp3) is 0.500. The first-order valence-electron chi connectivity index (χ1n) is 3.64. The van der Waals surface area contributed by atoms with Crippen LogP contribution in [-0.2, 0) is 0 Å². The van der Waals surface area contributed by atoms with Crippen LogP contribution in [0.25, 0.3) is 0 Å². The van der Waals surface area contributed by atoms with Gasteiger partial charge in [-0.3, -0.25) is 0 Å². The number of nitrogen functional groups attached to an aromatic ring is 2. The average molecular weight is 207 g/mol. The van der Waals surface area contributed by atoms with Crippen LogP contribution < -0.4 is 11.5 Å². The molecule has 0 saturated heterocycles. The lowest BCUT2D eigenvalue weighted by atomic mass is 10.1. The van der Waals surface area contributed by atoms with Gasteiger partial charge in [0.25, 0.3) is 0 Å². The summed E-state index contributed by atoms with van der Waals surface area (Å²) in [7, 11) is 0. The standard InChI is InChI=1S/C6H8F3N5/c1-2(6(7,8)9)3-12-4(10)14-5(11)13-3/h2H,1H3,(H4,10,11,12,13,14). The van der Waals surface area contributed by atoms with Gasteiger partial charge in [-0.25, -0.2) is 0 Å². The van der Waals surface area contributed by atoms with E-state index in [1.807, 2.05) is 0 Å². The molecule has 1 unspecified atom stereocenters. The van der Waals surface area contributed by atoms with Crippen molar-refractivity contribution in [2.24, 2.45) is 0 Å². The van der Waals surface area contributed by atoms with Crippen LogP contribution in [0.3, 0.4) is 0 Å². The predicted molar refractivity (Wildman–Crippen MR) is 43.1 cm³/mol. The highest BCUT2D eigenvalue weighted by Gasteiger charge is 2.39. The predicted octanol–water partition coefficient (Wildman–Crippen LogP) is 0.702. The lowest BCUT2D eigenvalue weighted by molar-refractivity contribution is -0.147. The molecular weight excluding hydrogens is 199 g/mol. The minimum Gasteiger partial charge on any atom is -0.368 e. The molecule has 0 bridgehead atoms. The highest BCUT2D eigenvalue weighted by molar-refractivity contribution is 5.27. The van der Waals surface area contributed by atoms with Gasteiger partial charge in [-0.1, -0.05) is 0 Å². The van der Waals surface area contributed by atoms with E-state index in [0.717, 1.165) is 6.92 Å². The Bertz CT molecular complexity index is 316. The van der Waals surface area contributed by atoms with Crippen LogP contribution in [0.15, 0.2) is 0 Å². The minimum atomic E-state index is -4.42. The van der Waals surface area contributed by atoms with E-state index in [9.17, 15) is 13.2 Å². The summed E-state index contributed by atoms with van der Waals surface area (Å²) in [5.41, 5.74) is 10.3. The number of hydrogen-bond acceptors (Lipinski definition) is 5. The summed E-state index contributed by atoms with van der Waals surface area (Å²) < 4.78 is 36.6. The molecule has 0 amide bonds. The first-order chi connectivity index (χ1) is 6.30. The zero-order valence-electron chi connectivity index (χ0n) is 7.21. The number of anilines is 2. The molecule has 0 saturated carbocycles. The normalized spacial score (nSPS) is 14.0. The van der Waals surface area contributed by atoms with E-state index in [2.05, 4.69) is 15.0 Å². The van der Waals surface area contributed by atoms with Gasteiger partial charge in [0.15, 0.2) is 0 Å². The molecule has 1 atom stereocenters. The summed E-state index contributed by atoms with van der Waals surface area (Å²) in [4.78, 5) is 10.1. The maximum Gasteiger partial charge on any atom is 0.398 e. The topological polar surface area (TPSA) is 90.7 Å². The van der Waals surface area contributed by atoms with Crippen LogP contribution in [0.1, 0.15) is 18.7 Å². The van der Waals surface area contributed by atoms with Gasteiger partial charge >= 0.3 is 6.18 Å². The van der Waals surface area contributed by atoms with Crippen molar-refractivity contribution < 1.29 is 13.2 Å². The van der Waals surface area contributed by atoms with Gasteiger partial charge in [0, 0.05) is 0 Å². The molecule has 1 aromatic heterocycles. The number of alkyl halides is 3. The Morgan fingerprint density at radius 2 is 1.50 bits per heavy atom. The Morgan fingerprint density at radius 3 is 1.86 bits per heavy atom. The van der Waals surface area contributed by atoms with Gasteiger partial charge in [-0.05, 0) is 6.92 Å². The van der Waals surface area contributed by atoms with E-state index in [-0.39, 0.29) is 11.9 Å². The molecule has 1 rings (SSSR count). The first kappa shape index (κ1) is 10.5. The summed E-state index contributed by atoms with van der Waals surface area (Å²) in [6.45, 7) is 0.925. The third-order valence-corrected chi connectivity index (χ3v) is 1.57. The van der Waals surface area contributed by atoms with Crippen LogP contribution in [-0.4, -0.2) is 21.1 Å². The average Bonchev–Trinajstić information content (AvgIpc) is 1.99. The molecule has 1 aromatic rings. The number of hydrogen-bond donors (Lipinski definition) is 2. The van der Waals surface area contributed by atoms with Crippen LogP contribution in [0.4, 0.5) is 25.1 Å². The molecule has 0 aromatic carbocycles. The summed E-state index contributed by atoms with van der Waals surface area (Å²) in [6.07, 6.45) is -4.42. The Morgan fingerprint density at radius 1 is 1.07 bits per heavy atom. The molecule has 0 fully saturated rings. The fourth-order valence-electron chi connectivity index (χ4n) is 0.767. The van der Waals surface area contributed by atoms with Crippen molar-refractivity contribution in [3.05, 3.63) is 5.82 Å². The molecule has 1 heterocycles. The van der Waals surface area contributed by atoms with Gasteiger partial charge in [-0.2, -0.15) is 28.1 Å². The smallest absolute Gasteiger partial charge is 0.368 e. The van der Waals surface area contributed by atoms with E-state index < -0.39 is 17.9 Å². The van der Waals surface area contributed by atoms with Crippen molar-refractivity contribution >= 4 is 11.9 Å². The molecule has 0 aliphatic heterocycles. The van der Waals surface area contributed by atoms with E-state index >= 15 is 0 Å². The van der Waals surface area contributed by atoms with Crippen molar-refractivity contribution in [2.75, 3.05) is 11.5 Å². The SMILES string of the molecule is CC(c1nc(N)nc(N)n1)C(F)(F)F. The number of halogens is 3. The minimum absolute atomic E-state index is 0.316. The molecule has 0 radical (unpaired) electrons. The highest BCUT2D eigenvalue weighted by atomic mass is 19.4. The first-order valence-corrected chi connectivity index (χ1v) is 3.64. The van der Waals surface area contributed by atoms with Crippen LogP contribution >= 0.6 is 0 Å². The van der Waals surface area contributed by atoms with Gasteiger partial charge < -0.3 is 11.5 Å². The van der Waals surface area contributed by atoms with Gasteiger partial charge in [0.1, 0.15) is 11.7 Å². The maximum absolute atomic E-state index is 12.2. The molecule has 8 heteroatoms. The van der Waals surface area contributed by atoms with Crippen molar-refractivity contribution in [1.82, 2.24) is 15.0 Å². The highest BCUT2D eigenvalue weighted by Crippen LogP contribution is 2.32. The van der Waals surface area contributed by atoms with Crippen molar-refractivity contribution in [3.8, 4) is 0 Å². The second kappa shape index (κ2) is 3.28. The second-order valence-corrected chi connectivity index (χ2v) is 2.67. The van der Waals surface area contributed by atoms with E-state index in [0.29, 0.717) is 0 Å². The van der Waals surface area contributed by atoms with Crippen LogP contribution in [0.2, 0.25) is 0 Å². The lowest BCUT2D eigenvalue weighted by Crippen LogP contribution is -2.21. The molecule has 78 valence electrons. The third kappa shape index (κ3) is 2.21. The summed E-state index contributed by atoms with van der Waals surface area (Å²) in [5.74, 6) is -2.91. The molecule has 14 heavy (non-hydrogen) atoms. The van der Waals surface area contributed by atoms with Gasteiger partial charge in [0.2, 0.25) is 11.9 Å². The molecular formula is C6H8F3N5. The van der Waals surface area contributed by atoms with Crippen LogP contribution in [0.5, 0.6) is 0 Å². The summed E-state index contributed by atoms with van der Waals surface area (Å²) >= 11 is 0. The number of nitrogens with zero attached hydrogens (tertiary/aromatic N) is 3. The van der Waals surface area contributed by atoms with Gasteiger partial charge in [0.05, 0.1) is 0 Å². The Kier molecular flexibility index (Phi) is 2.45. The number of nitrogens with two attached hydrogens (primary N) is 2. The second-order valence-electron chi connectivity index (χ2n) is 2.67. The van der Waals surface area contributed by atoms with Crippen molar-refractivity contribution in [2.45, 2.75) is 19.0 Å². The molecule has 0 aliphatic carbocycles. The van der Waals surface area contributed by atoms with E-state index in [4.69, 9.17) is 11.5 Å². The molecule has 4 N–H and O–H groups in total. The Balaban J connectivity index is 3.07. The maximum atomic E-state index is 12.2. The zero-order chi connectivity index (χ0) is 10.9. The molecule has 0 aliphatic rings. The van der Waals surface area contributed by atoms with Gasteiger partial charge in [-0.15, -0.1) is 0 Å². The fourth-order valence-corrected chi connectivity index (χ4v) is 0.767. The molecule has 5 nitrogen and oxygen atoms in total. The summed E-state index contributed by atoms with van der Waals surface area (Å²) in [5, 5.41) is 0. The monoisotopic (exact) mass is 207 g/mol. The summed E-state index contributed by atoms with van der Waals surface area (Å²) in [6, 6.07) is 0. The Hall–Kier alpha value is -1.60. The Labute approximate surface area is 77.4 Å². The van der Waals surface area contributed by atoms with Crippen LogP contribution in [0, 0.1) is 0 Å². The lowest BCUT2D eigenvalue weighted by Gasteiger charge is -2.13. The quantitative estimate of drug-likeness (QED) is 0.707. The third-order valence-electron chi connectivity index (χ3n) is 1.57. The largest absolute Gasteiger partial charge is 0.398 e. The zero-order valence-corrected chi connectivity index (χ0v) is 7.21.